The molecule has 0 aromatic heterocycles. The lowest BCUT2D eigenvalue weighted by Crippen LogP contribution is -2.33. The second kappa shape index (κ2) is 8.51. The number of rotatable bonds is 6. The molecule has 0 bridgehead atoms. The number of nitro benzene ring substituents is 1. The molecule has 0 fully saturated rings. The molecule has 10 heteroatoms. The molecule has 0 radical (unpaired) electrons. The predicted molar refractivity (Wildman–Crippen MR) is 95.0 cm³/mol. The minimum Gasteiger partial charge on any atom is -0.343 e. The lowest BCUT2D eigenvalue weighted by Gasteiger charge is -2.12. The second-order valence-corrected chi connectivity index (χ2v) is 5.98. The van der Waals surface area contributed by atoms with Gasteiger partial charge in [-0.1, -0.05) is 18.2 Å². The number of aryl methyl sites for hydroxylation is 1. The van der Waals surface area contributed by atoms with Gasteiger partial charge in [0.05, 0.1) is 11.3 Å². The van der Waals surface area contributed by atoms with Crippen LogP contribution in [0.2, 0.25) is 0 Å². The van der Waals surface area contributed by atoms with Gasteiger partial charge in [-0.05, 0) is 30.2 Å². The number of nitrogens with one attached hydrogen (secondary N) is 2. The van der Waals surface area contributed by atoms with Crippen molar-refractivity contribution in [1.82, 2.24) is 5.32 Å². The summed E-state index contributed by atoms with van der Waals surface area (Å²) in [4.78, 5) is 34.1. The minimum absolute atomic E-state index is 0.0273. The zero-order chi connectivity index (χ0) is 20.9. The number of hydrogen-bond acceptors (Lipinski definition) is 4. The molecule has 2 amide bonds. The van der Waals surface area contributed by atoms with E-state index in [9.17, 15) is 32.9 Å². The Morgan fingerprint density at radius 3 is 2.32 bits per heavy atom. The van der Waals surface area contributed by atoms with Crippen molar-refractivity contribution in [2.75, 3.05) is 11.9 Å². The van der Waals surface area contributed by atoms with Gasteiger partial charge in [0, 0.05) is 23.4 Å². The van der Waals surface area contributed by atoms with Gasteiger partial charge in [0.15, 0.2) is 0 Å². The summed E-state index contributed by atoms with van der Waals surface area (Å²) < 4.78 is 36.6. The van der Waals surface area contributed by atoms with Crippen molar-refractivity contribution in [2.45, 2.75) is 19.5 Å². The molecule has 2 aromatic rings. The zero-order valence-electron chi connectivity index (χ0n) is 14.7. The maximum atomic E-state index is 12.2. The highest BCUT2D eigenvalue weighted by molar-refractivity contribution is 5.98. The fraction of sp³-hybridized carbons (Fsp3) is 0.222. The molecule has 148 valence electrons. The van der Waals surface area contributed by atoms with Gasteiger partial charge in [-0.15, -0.1) is 0 Å². The fourth-order valence-corrected chi connectivity index (χ4v) is 2.30. The molecule has 0 spiro atoms. The number of anilines is 1. The maximum absolute atomic E-state index is 12.2. The van der Waals surface area contributed by atoms with E-state index in [4.69, 9.17) is 0 Å². The SMILES string of the molecule is Cc1ccc(C(=O)NCC(F)(F)F)cc1NC(=O)Cc1ccc([N+](=O)[O-])cc1. The van der Waals surface area contributed by atoms with Crippen LogP contribution >= 0.6 is 0 Å². The molecule has 0 aliphatic heterocycles. The second-order valence-electron chi connectivity index (χ2n) is 5.98. The first-order valence-electron chi connectivity index (χ1n) is 8.04. The average Bonchev–Trinajstić information content (AvgIpc) is 2.61. The standard InChI is InChI=1S/C18H16F3N3O4/c1-11-2-5-13(17(26)22-10-18(19,20)21)9-15(11)23-16(25)8-12-3-6-14(7-4-12)24(27)28/h2-7,9H,8,10H2,1H3,(H,22,26)(H,23,25). The van der Waals surface area contributed by atoms with Crippen molar-refractivity contribution >= 4 is 23.2 Å². The summed E-state index contributed by atoms with van der Waals surface area (Å²) in [7, 11) is 0. The van der Waals surface area contributed by atoms with E-state index in [0.29, 0.717) is 11.1 Å². The number of alkyl halides is 3. The summed E-state index contributed by atoms with van der Waals surface area (Å²) in [6, 6.07) is 9.60. The van der Waals surface area contributed by atoms with E-state index in [1.165, 1.54) is 42.5 Å². The quantitative estimate of drug-likeness (QED) is 0.578. The first-order valence-corrected chi connectivity index (χ1v) is 8.04. The summed E-state index contributed by atoms with van der Waals surface area (Å²) in [6.07, 6.45) is -4.59. The normalized spacial score (nSPS) is 11.0. The van der Waals surface area contributed by atoms with Crippen LogP contribution in [0.1, 0.15) is 21.5 Å². The molecule has 28 heavy (non-hydrogen) atoms. The van der Waals surface area contributed by atoms with Crippen molar-refractivity contribution in [2.24, 2.45) is 0 Å². The Hall–Kier alpha value is -3.43. The van der Waals surface area contributed by atoms with Gasteiger partial charge in [0.1, 0.15) is 6.54 Å². The Morgan fingerprint density at radius 1 is 1.11 bits per heavy atom. The van der Waals surface area contributed by atoms with Gasteiger partial charge in [0.25, 0.3) is 11.6 Å². The molecule has 0 unspecified atom stereocenters. The van der Waals surface area contributed by atoms with Gasteiger partial charge in [-0.3, -0.25) is 19.7 Å². The van der Waals surface area contributed by atoms with E-state index >= 15 is 0 Å². The predicted octanol–water partition coefficient (Wildman–Crippen LogP) is 3.38. The summed E-state index contributed by atoms with van der Waals surface area (Å²) in [5.74, 6) is -1.35. The van der Waals surface area contributed by atoms with E-state index in [1.54, 1.807) is 12.2 Å². The molecule has 0 aliphatic carbocycles. The molecule has 2 aromatic carbocycles. The third-order valence-electron chi connectivity index (χ3n) is 3.74. The number of amides is 2. The summed E-state index contributed by atoms with van der Waals surface area (Å²) in [5, 5.41) is 15.0. The van der Waals surface area contributed by atoms with Crippen LogP contribution in [-0.4, -0.2) is 29.5 Å². The number of carbonyl (C=O) groups is 2. The van der Waals surface area contributed by atoms with Crippen LogP contribution < -0.4 is 10.6 Å². The molecule has 0 atom stereocenters. The van der Waals surface area contributed by atoms with Gasteiger partial charge in [-0.25, -0.2) is 0 Å². The number of non-ortho nitro benzene ring substituents is 1. The molecule has 2 N–H and O–H groups in total. The van der Waals surface area contributed by atoms with Crippen molar-refractivity contribution < 1.29 is 27.7 Å². The fourth-order valence-electron chi connectivity index (χ4n) is 2.30. The van der Waals surface area contributed by atoms with Crippen LogP contribution in [0.25, 0.3) is 0 Å². The number of halogens is 3. The van der Waals surface area contributed by atoms with Crippen LogP contribution in [0, 0.1) is 17.0 Å². The lowest BCUT2D eigenvalue weighted by molar-refractivity contribution is -0.384. The number of benzene rings is 2. The van der Waals surface area contributed by atoms with Crippen molar-refractivity contribution in [1.29, 1.82) is 0 Å². The molecular formula is C18H16F3N3O4. The number of carbonyl (C=O) groups excluding carboxylic acids is 2. The van der Waals surface area contributed by atoms with Crippen LogP contribution in [0.5, 0.6) is 0 Å². The smallest absolute Gasteiger partial charge is 0.343 e. The average molecular weight is 395 g/mol. The highest BCUT2D eigenvalue weighted by Crippen LogP contribution is 2.19. The highest BCUT2D eigenvalue weighted by Gasteiger charge is 2.28. The van der Waals surface area contributed by atoms with Crippen LogP contribution in [0.15, 0.2) is 42.5 Å². The topological polar surface area (TPSA) is 101 Å². The molecule has 0 aliphatic rings. The largest absolute Gasteiger partial charge is 0.405 e. The van der Waals surface area contributed by atoms with Crippen LogP contribution in [0.3, 0.4) is 0 Å². The third kappa shape index (κ3) is 6.08. The van der Waals surface area contributed by atoms with Crippen molar-refractivity contribution in [3.63, 3.8) is 0 Å². The van der Waals surface area contributed by atoms with E-state index in [0.717, 1.165) is 0 Å². The Balaban J connectivity index is 2.05. The van der Waals surface area contributed by atoms with E-state index in [1.807, 2.05) is 0 Å². The summed E-state index contributed by atoms with van der Waals surface area (Å²) in [5.41, 5.74) is 1.31. The Morgan fingerprint density at radius 2 is 1.75 bits per heavy atom. The first-order chi connectivity index (χ1) is 13.0. The number of hydrogen-bond donors (Lipinski definition) is 2. The number of nitro groups is 1. The summed E-state index contributed by atoms with van der Waals surface area (Å²) in [6.45, 7) is 0.209. The van der Waals surface area contributed by atoms with E-state index < -0.39 is 29.5 Å². The first kappa shape index (κ1) is 20.9. The molecule has 2 rings (SSSR count). The molecule has 0 heterocycles. The van der Waals surface area contributed by atoms with Gasteiger partial charge >= 0.3 is 6.18 Å². The summed E-state index contributed by atoms with van der Waals surface area (Å²) >= 11 is 0. The van der Waals surface area contributed by atoms with Gasteiger partial charge in [0.2, 0.25) is 5.91 Å². The van der Waals surface area contributed by atoms with Crippen molar-refractivity contribution in [3.05, 3.63) is 69.3 Å². The maximum Gasteiger partial charge on any atom is 0.405 e. The van der Waals surface area contributed by atoms with Crippen molar-refractivity contribution in [3.8, 4) is 0 Å². The van der Waals surface area contributed by atoms with Gasteiger partial charge in [-0.2, -0.15) is 13.2 Å². The molecular weight excluding hydrogens is 379 g/mol. The Labute approximate surface area is 157 Å². The molecule has 7 nitrogen and oxygen atoms in total. The van der Waals surface area contributed by atoms with Crippen LogP contribution in [0.4, 0.5) is 24.5 Å². The lowest BCUT2D eigenvalue weighted by atomic mass is 10.1. The molecule has 0 saturated heterocycles. The Bertz CT molecular complexity index is 896. The van der Waals surface area contributed by atoms with E-state index in [-0.39, 0.29) is 23.4 Å². The minimum atomic E-state index is -4.53. The van der Waals surface area contributed by atoms with Crippen LogP contribution in [-0.2, 0) is 11.2 Å². The molecule has 0 saturated carbocycles. The van der Waals surface area contributed by atoms with E-state index in [2.05, 4.69) is 5.32 Å². The monoisotopic (exact) mass is 395 g/mol. The van der Waals surface area contributed by atoms with Gasteiger partial charge < -0.3 is 10.6 Å². The Kier molecular flexibility index (Phi) is 6.34. The third-order valence-corrected chi connectivity index (χ3v) is 3.74. The zero-order valence-corrected chi connectivity index (χ0v) is 14.7. The highest BCUT2D eigenvalue weighted by atomic mass is 19.4. The number of nitrogens with zero attached hydrogens (tertiary/aromatic N) is 1.